The monoisotopic (exact) mass is 257 g/mol. The zero-order valence-electron chi connectivity index (χ0n) is 10.7. The number of aliphatic carboxylic acids is 1. The number of hydrogen-bond acceptors (Lipinski definition) is 2. The second-order valence-electron chi connectivity index (χ2n) is 4.31. The Bertz CT molecular complexity index is 616. The summed E-state index contributed by atoms with van der Waals surface area (Å²) in [6.45, 7) is 1.63. The Balaban J connectivity index is 2.44. The number of carbonyl (C=O) groups excluding carboxylic acids is 1. The lowest BCUT2D eigenvalue weighted by Crippen LogP contribution is -2.30. The lowest BCUT2D eigenvalue weighted by molar-refractivity contribution is -0.136. The Kier molecular flexibility index (Phi) is 3.80. The molecule has 2 rings (SSSR count). The molecule has 4 heteroatoms. The fourth-order valence-corrected chi connectivity index (χ4v) is 2.10. The highest BCUT2D eigenvalue weighted by Gasteiger charge is 2.15. The van der Waals surface area contributed by atoms with E-state index in [0.29, 0.717) is 0 Å². The zero-order valence-corrected chi connectivity index (χ0v) is 10.7. The minimum absolute atomic E-state index is 0.0667. The quantitative estimate of drug-likeness (QED) is 0.916. The van der Waals surface area contributed by atoms with Gasteiger partial charge in [-0.15, -0.1) is 0 Å². The third-order valence-electron chi connectivity index (χ3n) is 2.99. The Morgan fingerprint density at radius 1 is 1.11 bits per heavy atom. The van der Waals surface area contributed by atoms with E-state index in [2.05, 4.69) is 0 Å². The van der Waals surface area contributed by atoms with Crippen LogP contribution >= 0.6 is 0 Å². The number of rotatable bonds is 4. The normalized spacial score (nSPS) is 10.4. The number of benzene rings is 2. The molecular weight excluding hydrogens is 242 g/mol. The average molecular weight is 257 g/mol. The molecule has 4 nitrogen and oxygen atoms in total. The van der Waals surface area contributed by atoms with Gasteiger partial charge in [0.2, 0.25) is 5.91 Å². The molecule has 0 aliphatic heterocycles. The molecule has 0 aromatic heterocycles. The molecule has 0 fully saturated rings. The fourth-order valence-electron chi connectivity index (χ4n) is 2.10. The molecule has 0 spiro atoms. The summed E-state index contributed by atoms with van der Waals surface area (Å²) >= 11 is 0. The van der Waals surface area contributed by atoms with Crippen LogP contribution in [0.3, 0.4) is 0 Å². The van der Waals surface area contributed by atoms with Gasteiger partial charge in [-0.3, -0.25) is 9.59 Å². The van der Waals surface area contributed by atoms with E-state index in [1.54, 1.807) is 0 Å². The van der Waals surface area contributed by atoms with Crippen molar-refractivity contribution >= 4 is 28.3 Å². The fraction of sp³-hybridized carbons (Fsp3) is 0.200. The first-order valence-corrected chi connectivity index (χ1v) is 6.07. The minimum Gasteiger partial charge on any atom is -0.481 e. The van der Waals surface area contributed by atoms with Crippen LogP contribution in [0.25, 0.3) is 10.8 Å². The summed E-state index contributed by atoms with van der Waals surface area (Å²) in [6, 6.07) is 13.4. The van der Waals surface area contributed by atoms with E-state index in [0.717, 1.165) is 16.5 Å². The van der Waals surface area contributed by atoms with Crippen molar-refractivity contribution in [3.05, 3.63) is 42.5 Å². The maximum atomic E-state index is 11.7. The van der Waals surface area contributed by atoms with Crippen molar-refractivity contribution in [2.75, 3.05) is 11.4 Å². The number of carbonyl (C=O) groups is 2. The molecule has 0 heterocycles. The second-order valence-corrected chi connectivity index (χ2v) is 4.31. The van der Waals surface area contributed by atoms with E-state index in [1.165, 1.54) is 11.8 Å². The van der Waals surface area contributed by atoms with Crippen LogP contribution in [0.5, 0.6) is 0 Å². The van der Waals surface area contributed by atoms with Crippen LogP contribution in [0.4, 0.5) is 5.69 Å². The molecule has 1 amide bonds. The van der Waals surface area contributed by atoms with Gasteiger partial charge in [-0.1, -0.05) is 36.4 Å². The predicted octanol–water partition coefficient (Wildman–Crippen LogP) is 2.67. The highest BCUT2D eigenvalue weighted by molar-refractivity contribution is 6.03. The Morgan fingerprint density at radius 3 is 2.47 bits per heavy atom. The van der Waals surface area contributed by atoms with Crippen LogP contribution in [-0.4, -0.2) is 23.5 Å². The molecule has 2 aromatic rings. The molecule has 0 atom stereocenters. The van der Waals surface area contributed by atoms with E-state index in [-0.39, 0.29) is 18.9 Å². The van der Waals surface area contributed by atoms with Crippen molar-refractivity contribution in [1.29, 1.82) is 0 Å². The molecule has 0 saturated carbocycles. The number of anilines is 1. The third-order valence-corrected chi connectivity index (χ3v) is 2.99. The SMILES string of the molecule is CC(=O)N(CCC(=O)O)c1cccc2ccccc12. The highest BCUT2D eigenvalue weighted by Crippen LogP contribution is 2.26. The van der Waals surface area contributed by atoms with Crippen LogP contribution in [0.1, 0.15) is 13.3 Å². The maximum absolute atomic E-state index is 11.7. The van der Waals surface area contributed by atoms with Crippen molar-refractivity contribution < 1.29 is 14.7 Å². The number of carboxylic acid groups (broad SMARTS) is 1. The topological polar surface area (TPSA) is 57.6 Å². The molecule has 0 bridgehead atoms. The maximum Gasteiger partial charge on any atom is 0.305 e. The van der Waals surface area contributed by atoms with Crippen molar-refractivity contribution in [3.63, 3.8) is 0 Å². The first kappa shape index (κ1) is 13.1. The number of hydrogen-bond donors (Lipinski definition) is 1. The summed E-state index contributed by atoms with van der Waals surface area (Å²) in [5.74, 6) is -1.07. The van der Waals surface area contributed by atoms with Crippen LogP contribution in [-0.2, 0) is 9.59 Å². The van der Waals surface area contributed by atoms with Crippen molar-refractivity contribution in [3.8, 4) is 0 Å². The van der Waals surface area contributed by atoms with Gasteiger partial charge in [-0.2, -0.15) is 0 Å². The molecule has 1 N–H and O–H groups in total. The first-order chi connectivity index (χ1) is 9.09. The minimum atomic E-state index is -0.911. The van der Waals surface area contributed by atoms with Crippen LogP contribution in [0.15, 0.2) is 42.5 Å². The van der Waals surface area contributed by atoms with E-state index >= 15 is 0 Å². The van der Waals surface area contributed by atoms with Crippen LogP contribution < -0.4 is 4.90 Å². The molecule has 2 aromatic carbocycles. The van der Waals surface area contributed by atoms with Gasteiger partial charge in [-0.25, -0.2) is 0 Å². The second kappa shape index (κ2) is 5.52. The van der Waals surface area contributed by atoms with Crippen molar-refractivity contribution in [2.24, 2.45) is 0 Å². The summed E-state index contributed by atoms with van der Waals surface area (Å²) in [7, 11) is 0. The van der Waals surface area contributed by atoms with Crippen LogP contribution in [0, 0.1) is 0 Å². The smallest absolute Gasteiger partial charge is 0.305 e. The predicted molar refractivity (Wildman–Crippen MR) is 74.2 cm³/mol. The molecule has 19 heavy (non-hydrogen) atoms. The number of fused-ring (bicyclic) bond motifs is 1. The number of carboxylic acids is 1. The van der Waals surface area contributed by atoms with Gasteiger partial charge in [-0.05, 0) is 11.5 Å². The molecule has 0 saturated heterocycles. The van der Waals surface area contributed by atoms with Crippen molar-refractivity contribution in [2.45, 2.75) is 13.3 Å². The average Bonchev–Trinajstić information content (AvgIpc) is 2.38. The summed E-state index contributed by atoms with van der Waals surface area (Å²) < 4.78 is 0. The van der Waals surface area contributed by atoms with Crippen LogP contribution in [0.2, 0.25) is 0 Å². The summed E-state index contributed by atoms with van der Waals surface area (Å²) in [5.41, 5.74) is 0.756. The van der Waals surface area contributed by atoms with Gasteiger partial charge >= 0.3 is 5.97 Å². The van der Waals surface area contributed by atoms with E-state index in [1.807, 2.05) is 42.5 Å². The Labute approximate surface area is 111 Å². The summed E-state index contributed by atoms with van der Waals surface area (Å²) in [5, 5.41) is 10.7. The molecule has 0 radical (unpaired) electrons. The zero-order chi connectivity index (χ0) is 13.8. The van der Waals surface area contributed by atoms with Gasteiger partial charge in [0.15, 0.2) is 0 Å². The largest absolute Gasteiger partial charge is 0.481 e. The lowest BCUT2D eigenvalue weighted by Gasteiger charge is -2.22. The van der Waals surface area contributed by atoms with Gasteiger partial charge in [0.05, 0.1) is 12.1 Å². The number of amides is 1. The standard InChI is InChI=1S/C15H15NO3/c1-11(17)16(10-9-15(18)19)14-8-4-6-12-5-2-3-7-13(12)14/h2-8H,9-10H2,1H3,(H,18,19). The summed E-state index contributed by atoms with van der Waals surface area (Å²) in [6.07, 6.45) is -0.0667. The first-order valence-electron chi connectivity index (χ1n) is 6.07. The summed E-state index contributed by atoms with van der Waals surface area (Å²) in [4.78, 5) is 23.9. The molecule has 0 aliphatic rings. The lowest BCUT2D eigenvalue weighted by atomic mass is 10.1. The molecule has 98 valence electrons. The molecule has 0 aliphatic carbocycles. The van der Waals surface area contributed by atoms with Crippen molar-refractivity contribution in [1.82, 2.24) is 0 Å². The van der Waals surface area contributed by atoms with E-state index < -0.39 is 5.97 Å². The van der Waals surface area contributed by atoms with Gasteiger partial charge in [0.1, 0.15) is 0 Å². The third kappa shape index (κ3) is 2.91. The van der Waals surface area contributed by atoms with E-state index in [4.69, 9.17) is 5.11 Å². The van der Waals surface area contributed by atoms with Gasteiger partial charge in [0, 0.05) is 18.9 Å². The van der Waals surface area contributed by atoms with E-state index in [9.17, 15) is 9.59 Å². The number of nitrogens with zero attached hydrogens (tertiary/aromatic N) is 1. The Morgan fingerprint density at radius 2 is 1.79 bits per heavy atom. The molecule has 0 unspecified atom stereocenters. The highest BCUT2D eigenvalue weighted by atomic mass is 16.4. The Hall–Kier alpha value is -2.36. The molecular formula is C15H15NO3. The van der Waals surface area contributed by atoms with Gasteiger partial charge in [0.25, 0.3) is 0 Å². The van der Waals surface area contributed by atoms with Gasteiger partial charge < -0.3 is 10.0 Å².